The van der Waals surface area contributed by atoms with Gasteiger partial charge in [-0.3, -0.25) is 0 Å². The lowest BCUT2D eigenvalue weighted by Crippen LogP contribution is -2.16. The van der Waals surface area contributed by atoms with Crippen molar-refractivity contribution in [3.05, 3.63) is 186 Å². The third kappa shape index (κ3) is 4.53. The number of rotatable bonds is 5. The van der Waals surface area contributed by atoms with Gasteiger partial charge in [0.25, 0.3) is 0 Å². The molecule has 0 spiro atoms. The number of hydrogen-bond donors (Lipinski definition) is 0. The van der Waals surface area contributed by atoms with Crippen molar-refractivity contribution in [2.24, 2.45) is 0 Å². The monoisotopic (exact) mass is 629 g/mol. The van der Waals surface area contributed by atoms with Gasteiger partial charge in [0, 0.05) is 27.8 Å². The number of fused-ring (bicyclic) bond motifs is 6. The van der Waals surface area contributed by atoms with Gasteiger partial charge in [0.2, 0.25) is 0 Å². The van der Waals surface area contributed by atoms with E-state index in [1.807, 2.05) is 0 Å². The van der Waals surface area contributed by atoms with Crippen LogP contribution in [-0.2, 0) is 10.8 Å². The standard InChI is InChI=1S/C48H39N/c1-47(2)42-18-11-9-16-40(42)46-43(47)19-12-20-45(46)49(36-26-21-33(22-27-36)32-13-6-5-7-14-32)37-28-23-34(24-29-37)35-25-30-39-38-15-8-10-17-41(38)48(3,4)44(39)31-35/h5-31H,1-4H3. The molecule has 1 nitrogen and oxygen atoms in total. The number of benzene rings is 7. The van der Waals surface area contributed by atoms with Crippen molar-refractivity contribution in [3.63, 3.8) is 0 Å². The van der Waals surface area contributed by atoms with Crippen LogP contribution in [0.1, 0.15) is 49.9 Å². The third-order valence-corrected chi connectivity index (χ3v) is 11.1. The van der Waals surface area contributed by atoms with E-state index in [-0.39, 0.29) is 10.8 Å². The van der Waals surface area contributed by atoms with Crippen LogP contribution in [0.4, 0.5) is 17.1 Å². The second-order valence-corrected chi connectivity index (χ2v) is 14.6. The molecule has 2 aliphatic rings. The van der Waals surface area contributed by atoms with Crippen molar-refractivity contribution in [2.45, 2.75) is 38.5 Å². The first-order valence-electron chi connectivity index (χ1n) is 17.4. The van der Waals surface area contributed by atoms with Crippen LogP contribution in [0.3, 0.4) is 0 Å². The highest BCUT2D eigenvalue weighted by Gasteiger charge is 2.38. The summed E-state index contributed by atoms with van der Waals surface area (Å²) in [7, 11) is 0. The first-order valence-corrected chi connectivity index (χ1v) is 17.4. The van der Waals surface area contributed by atoms with Crippen LogP contribution < -0.4 is 4.90 Å². The van der Waals surface area contributed by atoms with Gasteiger partial charge in [-0.25, -0.2) is 0 Å². The Kier molecular flexibility index (Phi) is 6.58. The first kappa shape index (κ1) is 29.5. The van der Waals surface area contributed by atoms with Crippen molar-refractivity contribution in [3.8, 4) is 44.5 Å². The van der Waals surface area contributed by atoms with Gasteiger partial charge in [-0.15, -0.1) is 0 Å². The summed E-state index contributed by atoms with van der Waals surface area (Å²) in [4.78, 5) is 2.44. The Morgan fingerprint density at radius 1 is 0.347 bits per heavy atom. The van der Waals surface area contributed by atoms with Crippen LogP contribution in [0.2, 0.25) is 0 Å². The van der Waals surface area contributed by atoms with Crippen LogP contribution in [0.25, 0.3) is 44.5 Å². The van der Waals surface area contributed by atoms with Gasteiger partial charge in [-0.1, -0.05) is 155 Å². The summed E-state index contributed by atoms with van der Waals surface area (Å²) >= 11 is 0. The van der Waals surface area contributed by atoms with Gasteiger partial charge in [0.05, 0.1) is 5.69 Å². The lowest BCUT2D eigenvalue weighted by molar-refractivity contribution is 0.660. The maximum atomic E-state index is 2.44. The average Bonchev–Trinajstić information content (AvgIpc) is 3.52. The summed E-state index contributed by atoms with van der Waals surface area (Å²) in [6.45, 7) is 9.41. The quantitative estimate of drug-likeness (QED) is 0.183. The highest BCUT2D eigenvalue weighted by Crippen LogP contribution is 2.54. The molecule has 2 aliphatic carbocycles. The number of nitrogens with zero attached hydrogens (tertiary/aromatic N) is 1. The highest BCUT2D eigenvalue weighted by molar-refractivity contribution is 5.95. The van der Waals surface area contributed by atoms with Crippen LogP contribution >= 0.6 is 0 Å². The molecule has 0 saturated carbocycles. The van der Waals surface area contributed by atoms with Crippen LogP contribution in [0.15, 0.2) is 164 Å². The van der Waals surface area contributed by atoms with Crippen molar-refractivity contribution in [1.29, 1.82) is 0 Å². The Bertz CT molecular complexity index is 2360. The topological polar surface area (TPSA) is 3.24 Å². The molecule has 0 N–H and O–H groups in total. The summed E-state index contributed by atoms with van der Waals surface area (Å²) in [5.41, 5.74) is 19.2. The molecular weight excluding hydrogens is 591 g/mol. The van der Waals surface area contributed by atoms with Gasteiger partial charge in [-0.2, -0.15) is 0 Å². The molecule has 0 aromatic heterocycles. The third-order valence-electron chi connectivity index (χ3n) is 11.1. The van der Waals surface area contributed by atoms with Crippen molar-refractivity contribution in [1.82, 2.24) is 0 Å². The molecule has 0 amide bonds. The summed E-state index contributed by atoms with van der Waals surface area (Å²) in [5.74, 6) is 0. The number of anilines is 3. The minimum atomic E-state index is -0.0738. The minimum Gasteiger partial charge on any atom is -0.310 e. The fraction of sp³-hybridized carbons (Fsp3) is 0.125. The summed E-state index contributed by atoms with van der Waals surface area (Å²) in [5, 5.41) is 0. The highest BCUT2D eigenvalue weighted by atomic mass is 15.1. The van der Waals surface area contributed by atoms with E-state index in [9.17, 15) is 0 Å². The molecule has 0 atom stereocenters. The van der Waals surface area contributed by atoms with Crippen LogP contribution in [0, 0.1) is 0 Å². The molecular formula is C48H39N. The molecule has 0 saturated heterocycles. The fourth-order valence-electron chi connectivity index (χ4n) is 8.47. The van der Waals surface area contributed by atoms with Crippen molar-refractivity contribution in [2.75, 3.05) is 4.90 Å². The molecule has 7 aromatic rings. The normalized spacial score (nSPS) is 14.4. The van der Waals surface area contributed by atoms with Gasteiger partial charge in [-0.05, 0) is 97.6 Å². The molecule has 0 radical (unpaired) electrons. The lowest BCUT2D eigenvalue weighted by Gasteiger charge is -2.29. The lowest BCUT2D eigenvalue weighted by atomic mass is 9.81. The van der Waals surface area contributed by atoms with E-state index in [1.54, 1.807) is 0 Å². The molecule has 0 bridgehead atoms. The zero-order chi connectivity index (χ0) is 33.3. The van der Waals surface area contributed by atoms with E-state index in [4.69, 9.17) is 0 Å². The molecule has 0 heterocycles. The zero-order valence-corrected chi connectivity index (χ0v) is 28.5. The van der Waals surface area contributed by atoms with Gasteiger partial charge in [0.1, 0.15) is 0 Å². The first-order chi connectivity index (χ1) is 23.8. The molecule has 49 heavy (non-hydrogen) atoms. The molecule has 7 aromatic carbocycles. The van der Waals surface area contributed by atoms with Crippen LogP contribution in [-0.4, -0.2) is 0 Å². The van der Waals surface area contributed by atoms with Gasteiger partial charge in [0.15, 0.2) is 0 Å². The minimum absolute atomic E-state index is 0.0255. The van der Waals surface area contributed by atoms with E-state index >= 15 is 0 Å². The smallest absolute Gasteiger partial charge is 0.0543 e. The second-order valence-electron chi connectivity index (χ2n) is 14.6. The summed E-state index contributed by atoms with van der Waals surface area (Å²) in [6.07, 6.45) is 0. The number of hydrogen-bond acceptors (Lipinski definition) is 1. The largest absolute Gasteiger partial charge is 0.310 e. The summed E-state index contributed by atoms with van der Waals surface area (Å²) in [6, 6.07) is 60.4. The predicted octanol–water partition coefficient (Wildman–Crippen LogP) is 13.1. The van der Waals surface area contributed by atoms with E-state index in [0.717, 1.165) is 11.4 Å². The van der Waals surface area contributed by atoms with E-state index in [1.165, 1.54) is 72.4 Å². The average molecular weight is 630 g/mol. The summed E-state index contributed by atoms with van der Waals surface area (Å²) < 4.78 is 0. The molecule has 0 unspecified atom stereocenters. The Hall–Kier alpha value is -5.66. The van der Waals surface area contributed by atoms with E-state index < -0.39 is 0 Å². The van der Waals surface area contributed by atoms with Crippen molar-refractivity contribution >= 4 is 17.1 Å². The molecule has 236 valence electrons. The zero-order valence-electron chi connectivity index (χ0n) is 28.5. The Morgan fingerprint density at radius 2 is 0.816 bits per heavy atom. The molecule has 9 rings (SSSR count). The van der Waals surface area contributed by atoms with Crippen LogP contribution in [0.5, 0.6) is 0 Å². The Morgan fingerprint density at radius 3 is 1.49 bits per heavy atom. The van der Waals surface area contributed by atoms with E-state index in [2.05, 4.69) is 196 Å². The molecule has 0 fully saturated rings. The maximum Gasteiger partial charge on any atom is 0.0543 e. The fourth-order valence-corrected chi connectivity index (χ4v) is 8.47. The van der Waals surface area contributed by atoms with Gasteiger partial charge >= 0.3 is 0 Å². The maximum absolute atomic E-state index is 2.44. The second kappa shape index (κ2) is 10.9. The van der Waals surface area contributed by atoms with Crippen molar-refractivity contribution < 1.29 is 0 Å². The van der Waals surface area contributed by atoms with Gasteiger partial charge < -0.3 is 4.90 Å². The predicted molar refractivity (Wildman–Crippen MR) is 207 cm³/mol. The SMILES string of the molecule is CC1(C)c2ccccc2-c2ccc(-c3ccc(N(c4ccc(-c5ccccc5)cc4)c4cccc5c4-c4ccccc4C5(C)C)cc3)cc21. The molecule has 0 aliphatic heterocycles. The Labute approximate surface area is 290 Å². The molecule has 1 heteroatoms. The van der Waals surface area contributed by atoms with E-state index in [0.29, 0.717) is 0 Å². The Balaban J connectivity index is 1.16.